The second kappa shape index (κ2) is 83.2. The van der Waals surface area contributed by atoms with Crippen LogP contribution in [0.4, 0.5) is 0 Å². The smallest absolute Gasteiger partial charge is 0.305 e. The number of aliphatic hydroxyl groups is 2. The fraction of sp³-hybridized carbons (Fsp3) is 0.886. The number of carbonyl (C=O) groups excluding carboxylic acids is 2. The highest BCUT2D eigenvalue weighted by atomic mass is 16.5. The molecular weight excluding hydrogens is 1150 g/mol. The van der Waals surface area contributed by atoms with Gasteiger partial charge in [0.05, 0.1) is 25.4 Å². The van der Waals surface area contributed by atoms with E-state index in [9.17, 15) is 19.8 Å². The summed E-state index contributed by atoms with van der Waals surface area (Å²) in [5, 5.41) is 23.5. The maximum absolute atomic E-state index is 12.6. The fourth-order valence-corrected chi connectivity index (χ4v) is 13.6. The zero-order chi connectivity index (χ0) is 67.7. The number of rotatable bonds is 81. The monoisotopic (exact) mass is 1320 g/mol. The van der Waals surface area contributed by atoms with Crippen LogP contribution in [0.2, 0.25) is 0 Å². The number of allylic oxidation sites excluding steroid dienone is 8. The summed E-state index contributed by atoms with van der Waals surface area (Å²) < 4.78 is 5.51. The third-order valence-corrected chi connectivity index (χ3v) is 20.1. The van der Waals surface area contributed by atoms with E-state index in [1.807, 2.05) is 0 Å². The van der Waals surface area contributed by atoms with Crippen LogP contribution in [0.15, 0.2) is 48.6 Å². The summed E-state index contributed by atoms with van der Waals surface area (Å²) in [6.45, 7) is 4.98. The van der Waals surface area contributed by atoms with Crippen molar-refractivity contribution in [1.29, 1.82) is 0 Å². The molecule has 0 rings (SSSR count). The van der Waals surface area contributed by atoms with E-state index < -0.39 is 12.1 Å². The molecule has 6 nitrogen and oxygen atoms in total. The van der Waals surface area contributed by atoms with Crippen molar-refractivity contribution in [2.24, 2.45) is 0 Å². The van der Waals surface area contributed by atoms with Crippen molar-refractivity contribution < 1.29 is 24.5 Å². The summed E-state index contributed by atoms with van der Waals surface area (Å²) in [5.74, 6) is -0.0136. The highest BCUT2D eigenvalue weighted by Gasteiger charge is 2.20. The Kier molecular flexibility index (Phi) is 81.3. The molecule has 0 bridgehead atoms. The second-order valence-electron chi connectivity index (χ2n) is 29.5. The molecule has 6 heteroatoms. The summed E-state index contributed by atoms with van der Waals surface area (Å²) in [6, 6.07) is -0.541. The minimum Gasteiger partial charge on any atom is -0.466 e. The van der Waals surface area contributed by atoms with Gasteiger partial charge in [-0.05, 0) is 89.9 Å². The summed E-state index contributed by atoms with van der Waals surface area (Å²) in [7, 11) is 0. The first-order valence-corrected chi connectivity index (χ1v) is 42.9. The molecule has 0 heterocycles. The zero-order valence-electron chi connectivity index (χ0n) is 63.7. The van der Waals surface area contributed by atoms with Gasteiger partial charge >= 0.3 is 5.97 Å². The lowest BCUT2D eigenvalue weighted by molar-refractivity contribution is -0.143. The second-order valence-corrected chi connectivity index (χ2v) is 29.5. The standard InChI is InChI=1S/C88H167NO5/c1-3-5-7-9-11-13-15-17-19-21-22-42-45-49-52-56-60-64-68-72-76-80-86(91)85(84-90)89-87(92)81-77-73-69-65-61-57-53-50-46-43-40-38-36-34-32-30-28-26-24-23-25-27-29-31-33-35-37-39-41-44-47-51-55-59-63-67-71-75-79-83-94-88(93)82-78-74-70-66-62-58-54-48-20-18-16-14-12-10-8-6-4-2/h12,14,18,20,23-24,27,29,85-86,90-91H,3-11,13,15-17,19,21-22,25-26,28,30-84H2,1-2H3,(H,89,92)/b14-12-,20-18-,24-23-,29-27-. The van der Waals surface area contributed by atoms with Crippen LogP contribution in [-0.2, 0) is 14.3 Å². The van der Waals surface area contributed by atoms with Crippen LogP contribution in [0, 0.1) is 0 Å². The molecule has 554 valence electrons. The van der Waals surface area contributed by atoms with Gasteiger partial charge in [-0.1, -0.05) is 422 Å². The molecule has 0 aromatic heterocycles. The number of carbonyl (C=O) groups is 2. The Balaban J connectivity index is 3.35. The van der Waals surface area contributed by atoms with Crippen molar-refractivity contribution in [2.75, 3.05) is 13.2 Å². The Labute approximate surface area is 588 Å². The van der Waals surface area contributed by atoms with Gasteiger partial charge in [-0.2, -0.15) is 0 Å². The number of nitrogens with one attached hydrogen (secondary N) is 1. The van der Waals surface area contributed by atoms with Gasteiger partial charge in [0.2, 0.25) is 5.91 Å². The predicted octanol–water partition coefficient (Wildman–Crippen LogP) is 28.7. The summed E-state index contributed by atoms with van der Waals surface area (Å²) in [6.07, 6.45) is 111. The van der Waals surface area contributed by atoms with E-state index in [0.29, 0.717) is 25.9 Å². The van der Waals surface area contributed by atoms with Crippen LogP contribution >= 0.6 is 0 Å². The van der Waals surface area contributed by atoms with Gasteiger partial charge in [0.15, 0.2) is 0 Å². The Morgan fingerprint density at radius 2 is 0.532 bits per heavy atom. The molecular formula is C88H167NO5. The first-order valence-electron chi connectivity index (χ1n) is 42.9. The number of unbranched alkanes of at least 4 members (excludes halogenated alkanes) is 62. The molecule has 0 aliphatic heterocycles. The van der Waals surface area contributed by atoms with Crippen molar-refractivity contribution in [1.82, 2.24) is 5.32 Å². The van der Waals surface area contributed by atoms with E-state index in [-0.39, 0.29) is 18.5 Å². The highest BCUT2D eigenvalue weighted by Crippen LogP contribution is 2.20. The molecule has 0 fully saturated rings. The number of amides is 1. The first-order chi connectivity index (χ1) is 46.5. The van der Waals surface area contributed by atoms with Crippen molar-refractivity contribution in [3.63, 3.8) is 0 Å². The molecule has 3 N–H and O–H groups in total. The third kappa shape index (κ3) is 78.8. The zero-order valence-corrected chi connectivity index (χ0v) is 63.7. The van der Waals surface area contributed by atoms with Crippen LogP contribution < -0.4 is 5.32 Å². The van der Waals surface area contributed by atoms with Gasteiger partial charge in [0, 0.05) is 12.8 Å². The average Bonchev–Trinajstić information content (AvgIpc) is 3.55. The van der Waals surface area contributed by atoms with E-state index >= 15 is 0 Å². The molecule has 0 aromatic carbocycles. The average molecular weight is 1320 g/mol. The lowest BCUT2D eigenvalue weighted by Gasteiger charge is -2.22. The largest absolute Gasteiger partial charge is 0.466 e. The van der Waals surface area contributed by atoms with Crippen LogP contribution in [0.1, 0.15) is 476 Å². The van der Waals surface area contributed by atoms with Gasteiger partial charge in [-0.25, -0.2) is 0 Å². The van der Waals surface area contributed by atoms with Gasteiger partial charge in [0.1, 0.15) is 0 Å². The Bertz CT molecular complexity index is 1570. The van der Waals surface area contributed by atoms with E-state index in [1.165, 1.54) is 385 Å². The maximum atomic E-state index is 12.6. The molecule has 94 heavy (non-hydrogen) atoms. The van der Waals surface area contributed by atoms with Crippen LogP contribution in [0.25, 0.3) is 0 Å². The van der Waals surface area contributed by atoms with Crippen LogP contribution in [-0.4, -0.2) is 47.4 Å². The number of esters is 1. The maximum Gasteiger partial charge on any atom is 0.305 e. The van der Waals surface area contributed by atoms with Crippen molar-refractivity contribution in [2.45, 2.75) is 488 Å². The summed E-state index contributed by atoms with van der Waals surface area (Å²) >= 11 is 0. The molecule has 0 saturated carbocycles. The van der Waals surface area contributed by atoms with Gasteiger partial charge in [-0.3, -0.25) is 9.59 Å². The van der Waals surface area contributed by atoms with Crippen LogP contribution in [0.3, 0.4) is 0 Å². The lowest BCUT2D eigenvalue weighted by Crippen LogP contribution is -2.45. The minimum absolute atomic E-state index is 0.0131. The molecule has 0 aromatic rings. The number of hydrogen-bond donors (Lipinski definition) is 3. The lowest BCUT2D eigenvalue weighted by atomic mass is 10.0. The van der Waals surface area contributed by atoms with Crippen molar-refractivity contribution >= 4 is 11.9 Å². The molecule has 0 aliphatic rings. The molecule has 0 spiro atoms. The highest BCUT2D eigenvalue weighted by molar-refractivity contribution is 5.76. The van der Waals surface area contributed by atoms with E-state index in [0.717, 1.165) is 57.8 Å². The van der Waals surface area contributed by atoms with Crippen LogP contribution in [0.5, 0.6) is 0 Å². The minimum atomic E-state index is -0.664. The van der Waals surface area contributed by atoms with E-state index in [2.05, 4.69) is 67.8 Å². The van der Waals surface area contributed by atoms with Crippen molar-refractivity contribution in [3.8, 4) is 0 Å². The Morgan fingerprint density at radius 3 is 0.830 bits per heavy atom. The number of aliphatic hydroxyl groups excluding tert-OH is 2. The fourth-order valence-electron chi connectivity index (χ4n) is 13.6. The number of ether oxygens (including phenoxy) is 1. The van der Waals surface area contributed by atoms with E-state index in [1.54, 1.807) is 0 Å². The summed E-state index contributed by atoms with van der Waals surface area (Å²) in [4.78, 5) is 24.7. The quantitative estimate of drug-likeness (QED) is 0.0320. The number of hydrogen-bond acceptors (Lipinski definition) is 5. The Morgan fingerprint density at radius 1 is 0.298 bits per heavy atom. The SMILES string of the molecule is CCCCC/C=C\C/C=C\CCCCCCCCCC(=O)OCCCCCCCCCCCCCCCCC/C=C\C/C=C\CCCCCCCCCCCCCCCCCCCC(=O)NC(CO)C(O)CCCCCCCCCCCCCCCCCCCCCCC. The first kappa shape index (κ1) is 91.8. The predicted molar refractivity (Wildman–Crippen MR) is 416 cm³/mol. The Hall–Kier alpha value is -2.18. The molecule has 2 unspecified atom stereocenters. The molecule has 0 aliphatic carbocycles. The van der Waals surface area contributed by atoms with Crippen molar-refractivity contribution in [3.05, 3.63) is 48.6 Å². The van der Waals surface area contributed by atoms with Gasteiger partial charge < -0.3 is 20.3 Å². The third-order valence-electron chi connectivity index (χ3n) is 20.1. The molecule has 0 saturated heterocycles. The molecule has 0 radical (unpaired) electrons. The van der Waals surface area contributed by atoms with Gasteiger partial charge in [-0.15, -0.1) is 0 Å². The van der Waals surface area contributed by atoms with E-state index in [4.69, 9.17) is 4.74 Å². The normalized spacial score (nSPS) is 12.7. The topological polar surface area (TPSA) is 95.9 Å². The van der Waals surface area contributed by atoms with Gasteiger partial charge in [0.25, 0.3) is 0 Å². The molecule has 1 amide bonds. The molecule has 2 atom stereocenters. The summed E-state index contributed by atoms with van der Waals surface area (Å²) in [5.41, 5.74) is 0.